The van der Waals surface area contributed by atoms with Gasteiger partial charge in [0.25, 0.3) is 5.56 Å². The van der Waals surface area contributed by atoms with E-state index in [-0.39, 0.29) is 36.4 Å². The molecule has 5 aromatic rings. The van der Waals surface area contributed by atoms with Crippen molar-refractivity contribution in [2.45, 2.75) is 77.2 Å². The van der Waals surface area contributed by atoms with Gasteiger partial charge in [0.05, 0.1) is 33.6 Å². The molecule has 1 saturated heterocycles. The number of halogens is 4. The molecule has 8 nitrogen and oxygen atoms in total. The summed E-state index contributed by atoms with van der Waals surface area (Å²) >= 11 is 7.72. The van der Waals surface area contributed by atoms with Gasteiger partial charge in [-0.05, 0) is 94.5 Å². The SMILES string of the molecule is Cc1cc(-c2cc(Cl)ccc2OCCn2c(C)nc3c(c2=O)C[C@@H](N2CCCC[C@@H]2c2cccc(C(F)(F)F)c2)CC3)c2scc(C(=O)O)c2n1. The standard InChI is InChI=1S/C38H36ClF3N4O4S/c1-21-16-28(35-34(43-21)30(20-51-35)37(48)49)27-18-25(39)9-12-33(27)50-15-14-45-22(2)44-31-11-10-26(19-29(31)36(45)47)46-13-4-3-8-32(46)23-6-5-7-24(17-23)38(40,41)42/h5-7,9,12,16-18,20,26,32H,3-4,8,10-11,13-15,19H2,1-2H3,(H,48,49)/t26-,32+/m0/s1. The number of carboxylic acids is 1. The van der Waals surface area contributed by atoms with Crippen molar-refractivity contribution in [2.75, 3.05) is 13.2 Å². The molecule has 266 valence electrons. The Morgan fingerprint density at radius 1 is 1.08 bits per heavy atom. The van der Waals surface area contributed by atoms with Crippen LogP contribution in [0.5, 0.6) is 5.75 Å². The molecule has 0 amide bonds. The molecule has 0 saturated carbocycles. The number of piperidine rings is 1. The smallest absolute Gasteiger partial charge is 0.416 e. The van der Waals surface area contributed by atoms with Gasteiger partial charge in [-0.2, -0.15) is 13.2 Å². The van der Waals surface area contributed by atoms with Crippen LogP contribution in [0, 0.1) is 13.8 Å². The molecule has 1 fully saturated rings. The van der Waals surface area contributed by atoms with Crippen LogP contribution >= 0.6 is 22.9 Å². The molecule has 2 aromatic carbocycles. The van der Waals surface area contributed by atoms with E-state index in [1.807, 2.05) is 13.0 Å². The maximum Gasteiger partial charge on any atom is 0.416 e. The van der Waals surface area contributed by atoms with Crippen molar-refractivity contribution in [1.82, 2.24) is 19.4 Å². The maximum absolute atomic E-state index is 14.0. The van der Waals surface area contributed by atoms with Gasteiger partial charge in [-0.25, -0.2) is 9.78 Å². The van der Waals surface area contributed by atoms with Gasteiger partial charge >= 0.3 is 12.1 Å². The first-order chi connectivity index (χ1) is 24.4. The minimum Gasteiger partial charge on any atom is -0.491 e. The van der Waals surface area contributed by atoms with Crippen molar-refractivity contribution < 1.29 is 27.8 Å². The predicted molar refractivity (Wildman–Crippen MR) is 191 cm³/mol. The quantitative estimate of drug-likeness (QED) is 0.170. The molecule has 2 atom stereocenters. The van der Waals surface area contributed by atoms with E-state index in [2.05, 4.69) is 9.88 Å². The molecule has 4 heterocycles. The highest BCUT2D eigenvalue weighted by Crippen LogP contribution is 2.41. The highest BCUT2D eigenvalue weighted by molar-refractivity contribution is 7.18. The van der Waals surface area contributed by atoms with E-state index in [9.17, 15) is 27.9 Å². The number of aromatic nitrogens is 3. The molecular weight excluding hydrogens is 701 g/mol. The molecule has 1 N–H and O–H groups in total. The van der Waals surface area contributed by atoms with Crippen LogP contribution in [0.15, 0.2) is 58.7 Å². The van der Waals surface area contributed by atoms with E-state index in [4.69, 9.17) is 21.3 Å². The van der Waals surface area contributed by atoms with E-state index in [0.717, 1.165) is 49.6 Å². The van der Waals surface area contributed by atoms with Crippen molar-refractivity contribution >= 4 is 39.1 Å². The van der Waals surface area contributed by atoms with Crippen LogP contribution in [0.2, 0.25) is 5.02 Å². The molecule has 1 aliphatic heterocycles. The Bertz CT molecular complexity index is 2200. The fraction of sp³-hybridized carbons (Fsp3) is 0.368. The number of benzene rings is 2. The third kappa shape index (κ3) is 7.01. The fourth-order valence-electron chi connectivity index (χ4n) is 7.60. The zero-order valence-electron chi connectivity index (χ0n) is 28.1. The average Bonchev–Trinajstić information content (AvgIpc) is 3.54. The van der Waals surface area contributed by atoms with E-state index < -0.39 is 17.7 Å². The number of aryl methyl sites for hydroxylation is 3. The second kappa shape index (κ2) is 14.0. The lowest BCUT2D eigenvalue weighted by molar-refractivity contribution is -0.137. The van der Waals surface area contributed by atoms with Gasteiger partial charge in [0.15, 0.2) is 0 Å². The molecule has 1 aliphatic carbocycles. The van der Waals surface area contributed by atoms with E-state index in [1.54, 1.807) is 41.1 Å². The van der Waals surface area contributed by atoms with Crippen LogP contribution in [-0.2, 0) is 25.6 Å². The van der Waals surface area contributed by atoms with Crippen LogP contribution in [0.25, 0.3) is 21.3 Å². The number of thiophene rings is 1. The third-order valence-corrected chi connectivity index (χ3v) is 11.2. The number of fused-ring (bicyclic) bond motifs is 2. The summed E-state index contributed by atoms with van der Waals surface area (Å²) in [5.41, 5.74) is 3.96. The zero-order chi connectivity index (χ0) is 36.0. The number of pyridine rings is 1. The molecule has 0 unspecified atom stereocenters. The first-order valence-corrected chi connectivity index (χ1v) is 18.2. The Labute approximate surface area is 301 Å². The summed E-state index contributed by atoms with van der Waals surface area (Å²) in [6.45, 7) is 4.76. The van der Waals surface area contributed by atoms with Crippen molar-refractivity contribution in [2.24, 2.45) is 0 Å². The molecule has 0 radical (unpaired) electrons. The minimum atomic E-state index is -4.41. The van der Waals surface area contributed by atoms with Gasteiger partial charge < -0.3 is 9.84 Å². The van der Waals surface area contributed by atoms with E-state index >= 15 is 0 Å². The molecule has 51 heavy (non-hydrogen) atoms. The minimum absolute atomic E-state index is 0.00965. The monoisotopic (exact) mass is 736 g/mol. The maximum atomic E-state index is 14.0. The van der Waals surface area contributed by atoms with E-state index in [0.29, 0.717) is 62.0 Å². The number of hydrogen-bond acceptors (Lipinski definition) is 7. The molecular formula is C38H36ClF3N4O4S. The molecule has 0 spiro atoms. The Morgan fingerprint density at radius 3 is 2.69 bits per heavy atom. The van der Waals surface area contributed by atoms with Gasteiger partial charge in [0, 0.05) is 44.9 Å². The Kier molecular flexibility index (Phi) is 9.68. The van der Waals surface area contributed by atoms with Crippen LogP contribution < -0.4 is 10.3 Å². The van der Waals surface area contributed by atoms with Gasteiger partial charge in [0.2, 0.25) is 0 Å². The fourth-order valence-corrected chi connectivity index (χ4v) is 8.78. The summed E-state index contributed by atoms with van der Waals surface area (Å²) in [4.78, 5) is 37.5. The number of aromatic carboxylic acids is 1. The summed E-state index contributed by atoms with van der Waals surface area (Å²) < 4.78 is 49.3. The Balaban J connectivity index is 1.12. The average molecular weight is 737 g/mol. The van der Waals surface area contributed by atoms with Crippen molar-refractivity contribution in [3.05, 3.63) is 109 Å². The number of rotatable bonds is 8. The zero-order valence-corrected chi connectivity index (χ0v) is 29.7. The number of carboxylic acid groups (broad SMARTS) is 1. The molecule has 7 rings (SSSR count). The van der Waals surface area contributed by atoms with Gasteiger partial charge in [0.1, 0.15) is 18.2 Å². The van der Waals surface area contributed by atoms with Gasteiger partial charge in [-0.3, -0.25) is 19.2 Å². The number of hydrogen-bond donors (Lipinski definition) is 1. The molecule has 0 bridgehead atoms. The normalized spacial score (nSPS) is 18.2. The summed E-state index contributed by atoms with van der Waals surface area (Å²) in [7, 11) is 0. The second-order valence-electron chi connectivity index (χ2n) is 13.2. The van der Waals surface area contributed by atoms with Crippen LogP contribution in [-0.4, -0.2) is 49.7 Å². The summed E-state index contributed by atoms with van der Waals surface area (Å²) in [5.74, 6) is 0.0623. The van der Waals surface area contributed by atoms with Gasteiger partial charge in [-0.1, -0.05) is 30.2 Å². The second-order valence-corrected chi connectivity index (χ2v) is 14.6. The van der Waals surface area contributed by atoms with E-state index in [1.165, 1.54) is 23.5 Å². The van der Waals surface area contributed by atoms with Crippen molar-refractivity contribution in [1.29, 1.82) is 0 Å². The summed E-state index contributed by atoms with van der Waals surface area (Å²) in [6.07, 6.45) is 0.134. The predicted octanol–water partition coefficient (Wildman–Crippen LogP) is 8.67. The van der Waals surface area contributed by atoms with Crippen molar-refractivity contribution in [3.63, 3.8) is 0 Å². The highest BCUT2D eigenvalue weighted by atomic mass is 35.5. The molecule has 13 heteroatoms. The molecule has 3 aromatic heterocycles. The number of alkyl halides is 3. The van der Waals surface area contributed by atoms with Crippen LogP contribution in [0.4, 0.5) is 13.2 Å². The van der Waals surface area contributed by atoms with Gasteiger partial charge in [-0.15, -0.1) is 11.3 Å². The number of nitrogens with zero attached hydrogens (tertiary/aromatic N) is 4. The third-order valence-electron chi connectivity index (χ3n) is 9.99. The summed E-state index contributed by atoms with van der Waals surface area (Å²) in [5, 5.41) is 11.8. The number of carbonyl (C=O) groups is 1. The number of likely N-dealkylation sites (tertiary alicyclic amines) is 1. The summed E-state index contributed by atoms with van der Waals surface area (Å²) in [6, 6.07) is 12.6. The van der Waals surface area contributed by atoms with Crippen LogP contribution in [0.1, 0.15) is 76.0 Å². The van der Waals surface area contributed by atoms with Crippen LogP contribution in [0.3, 0.4) is 0 Å². The lowest BCUT2D eigenvalue weighted by Gasteiger charge is -2.43. The lowest BCUT2D eigenvalue weighted by atomic mass is 9.86. The lowest BCUT2D eigenvalue weighted by Crippen LogP contribution is -2.46. The highest BCUT2D eigenvalue weighted by Gasteiger charge is 2.36. The Hall–Kier alpha value is -4.26. The number of ether oxygens (including phenoxy) is 1. The Morgan fingerprint density at radius 2 is 1.90 bits per heavy atom. The molecule has 2 aliphatic rings. The van der Waals surface area contributed by atoms with Crippen molar-refractivity contribution in [3.8, 4) is 16.9 Å². The topological polar surface area (TPSA) is 97.6 Å². The first kappa shape index (κ1) is 35.2. The largest absolute Gasteiger partial charge is 0.491 e. The first-order valence-electron chi connectivity index (χ1n) is 17.0.